The average molecular weight is 262 g/mol. The second kappa shape index (κ2) is 5.64. The van der Waals surface area contributed by atoms with Gasteiger partial charge < -0.3 is 11.1 Å². The van der Waals surface area contributed by atoms with Gasteiger partial charge in [0.05, 0.1) is 0 Å². The van der Waals surface area contributed by atoms with E-state index in [-0.39, 0.29) is 11.0 Å². The van der Waals surface area contributed by atoms with Crippen LogP contribution in [0.5, 0.6) is 0 Å². The molecule has 2 heteroatoms. The third-order valence-electron chi connectivity index (χ3n) is 3.82. The number of hydrogen-bond donors (Lipinski definition) is 2. The van der Waals surface area contributed by atoms with Crippen LogP contribution < -0.4 is 11.1 Å². The van der Waals surface area contributed by atoms with Crippen LogP contribution in [-0.4, -0.2) is 12.1 Å². The zero-order valence-corrected chi connectivity index (χ0v) is 13.6. The van der Waals surface area contributed by atoms with Gasteiger partial charge in [0.2, 0.25) is 0 Å². The molecule has 1 aromatic rings. The van der Waals surface area contributed by atoms with Gasteiger partial charge in [0.25, 0.3) is 0 Å². The molecule has 0 bridgehead atoms. The fourth-order valence-corrected chi connectivity index (χ4v) is 2.11. The normalized spacial score (nSPS) is 12.8. The van der Waals surface area contributed by atoms with Gasteiger partial charge in [0.15, 0.2) is 0 Å². The SMILES string of the molecule is Cc1cc(C(C)(C)C)cc(C)c1CNC(C)(C)CN. The van der Waals surface area contributed by atoms with Gasteiger partial charge in [-0.1, -0.05) is 32.9 Å². The van der Waals surface area contributed by atoms with Crippen LogP contribution in [0.2, 0.25) is 0 Å². The zero-order chi connectivity index (χ0) is 14.8. The summed E-state index contributed by atoms with van der Waals surface area (Å²) in [5, 5.41) is 3.54. The van der Waals surface area contributed by atoms with Crippen molar-refractivity contribution in [2.75, 3.05) is 6.54 Å². The van der Waals surface area contributed by atoms with Gasteiger partial charge in [0, 0.05) is 18.6 Å². The maximum Gasteiger partial charge on any atom is 0.0250 e. The van der Waals surface area contributed by atoms with E-state index >= 15 is 0 Å². The number of hydrogen-bond acceptors (Lipinski definition) is 2. The molecule has 1 rings (SSSR count). The van der Waals surface area contributed by atoms with Crippen LogP contribution in [-0.2, 0) is 12.0 Å². The minimum atomic E-state index is -0.0123. The molecule has 19 heavy (non-hydrogen) atoms. The first-order chi connectivity index (χ1) is 8.57. The minimum Gasteiger partial charge on any atom is -0.329 e. The Morgan fingerprint density at radius 2 is 1.47 bits per heavy atom. The van der Waals surface area contributed by atoms with Crippen molar-refractivity contribution in [2.45, 2.75) is 66.0 Å². The van der Waals surface area contributed by atoms with Gasteiger partial charge in [-0.25, -0.2) is 0 Å². The molecule has 0 fully saturated rings. The highest BCUT2D eigenvalue weighted by atomic mass is 15.0. The summed E-state index contributed by atoms with van der Waals surface area (Å²) in [4.78, 5) is 0. The Labute approximate surface area is 118 Å². The van der Waals surface area contributed by atoms with Crippen molar-refractivity contribution in [1.82, 2.24) is 5.32 Å². The Bertz CT molecular complexity index is 416. The lowest BCUT2D eigenvalue weighted by Crippen LogP contribution is -2.45. The zero-order valence-electron chi connectivity index (χ0n) is 13.6. The summed E-state index contributed by atoms with van der Waals surface area (Å²) in [7, 11) is 0. The summed E-state index contributed by atoms with van der Waals surface area (Å²) in [6.07, 6.45) is 0. The van der Waals surface area contributed by atoms with Crippen molar-refractivity contribution < 1.29 is 0 Å². The topological polar surface area (TPSA) is 38.0 Å². The molecule has 0 amide bonds. The van der Waals surface area contributed by atoms with Crippen LogP contribution in [0.1, 0.15) is 56.9 Å². The Hall–Kier alpha value is -0.860. The summed E-state index contributed by atoms with van der Waals surface area (Å²) < 4.78 is 0. The van der Waals surface area contributed by atoms with Crippen LogP contribution in [0, 0.1) is 13.8 Å². The van der Waals surface area contributed by atoms with Crippen LogP contribution in [0.15, 0.2) is 12.1 Å². The van der Waals surface area contributed by atoms with Crippen molar-refractivity contribution in [1.29, 1.82) is 0 Å². The summed E-state index contributed by atoms with van der Waals surface area (Å²) in [6.45, 7) is 17.0. The van der Waals surface area contributed by atoms with Gasteiger partial charge in [-0.2, -0.15) is 0 Å². The average Bonchev–Trinajstić information content (AvgIpc) is 2.26. The molecule has 0 aliphatic heterocycles. The van der Waals surface area contributed by atoms with Crippen molar-refractivity contribution >= 4 is 0 Å². The van der Waals surface area contributed by atoms with Crippen LogP contribution >= 0.6 is 0 Å². The predicted molar refractivity (Wildman–Crippen MR) is 84.6 cm³/mol. The highest BCUT2D eigenvalue weighted by molar-refractivity contribution is 5.40. The molecule has 0 aliphatic rings. The number of aryl methyl sites for hydroxylation is 2. The van der Waals surface area contributed by atoms with Gasteiger partial charge in [-0.15, -0.1) is 0 Å². The molecule has 108 valence electrons. The first-order valence-electron chi connectivity index (χ1n) is 7.12. The summed E-state index contributed by atoms with van der Waals surface area (Å²) in [5.74, 6) is 0. The lowest BCUT2D eigenvalue weighted by atomic mass is 9.83. The van der Waals surface area contributed by atoms with E-state index in [1.54, 1.807) is 0 Å². The maximum atomic E-state index is 5.77. The highest BCUT2D eigenvalue weighted by Gasteiger charge is 2.18. The third-order valence-corrected chi connectivity index (χ3v) is 3.82. The van der Waals surface area contributed by atoms with Crippen molar-refractivity contribution in [3.8, 4) is 0 Å². The Morgan fingerprint density at radius 3 is 1.84 bits per heavy atom. The van der Waals surface area contributed by atoms with Crippen LogP contribution in [0.25, 0.3) is 0 Å². The van der Waals surface area contributed by atoms with E-state index in [0.29, 0.717) is 6.54 Å². The quantitative estimate of drug-likeness (QED) is 0.872. The molecule has 0 unspecified atom stereocenters. The number of nitrogens with one attached hydrogen (secondary N) is 1. The number of rotatable bonds is 4. The van der Waals surface area contributed by atoms with Gasteiger partial charge in [-0.3, -0.25) is 0 Å². The second-order valence-electron chi connectivity index (χ2n) is 7.28. The van der Waals surface area contributed by atoms with Crippen molar-refractivity contribution in [3.05, 3.63) is 34.4 Å². The molecule has 0 spiro atoms. The number of nitrogens with two attached hydrogens (primary N) is 1. The molecule has 1 aromatic carbocycles. The van der Waals surface area contributed by atoms with Crippen LogP contribution in [0.4, 0.5) is 0 Å². The fourth-order valence-electron chi connectivity index (χ4n) is 2.11. The van der Waals surface area contributed by atoms with Gasteiger partial charge in [0.1, 0.15) is 0 Å². The largest absolute Gasteiger partial charge is 0.329 e. The van der Waals surface area contributed by atoms with E-state index in [0.717, 1.165) is 6.54 Å². The molecule has 0 radical (unpaired) electrons. The van der Waals surface area contributed by atoms with Crippen molar-refractivity contribution in [2.24, 2.45) is 5.73 Å². The fraction of sp³-hybridized carbons (Fsp3) is 0.647. The standard InChI is InChI=1S/C17H30N2/c1-12-8-14(16(3,4)5)9-13(2)15(12)10-19-17(6,7)11-18/h8-9,19H,10-11,18H2,1-7H3. The predicted octanol–water partition coefficient (Wildman–Crippen LogP) is 3.43. The lowest BCUT2D eigenvalue weighted by Gasteiger charge is -2.27. The molecular weight excluding hydrogens is 232 g/mol. The lowest BCUT2D eigenvalue weighted by molar-refractivity contribution is 0.396. The number of benzene rings is 1. The second-order valence-corrected chi connectivity index (χ2v) is 7.28. The van der Waals surface area contributed by atoms with Crippen molar-refractivity contribution in [3.63, 3.8) is 0 Å². The van der Waals surface area contributed by atoms with E-state index in [2.05, 4.69) is 65.9 Å². The molecule has 0 saturated heterocycles. The van der Waals surface area contributed by atoms with Crippen LogP contribution in [0.3, 0.4) is 0 Å². The molecule has 0 heterocycles. The van der Waals surface area contributed by atoms with E-state index in [1.165, 1.54) is 22.3 Å². The van der Waals surface area contributed by atoms with Gasteiger partial charge >= 0.3 is 0 Å². The smallest absolute Gasteiger partial charge is 0.0250 e. The third kappa shape index (κ3) is 4.32. The summed E-state index contributed by atoms with van der Waals surface area (Å²) >= 11 is 0. The van der Waals surface area contributed by atoms with Gasteiger partial charge in [-0.05, 0) is 55.4 Å². The monoisotopic (exact) mass is 262 g/mol. The van der Waals surface area contributed by atoms with E-state index in [1.807, 2.05) is 0 Å². The highest BCUT2D eigenvalue weighted by Crippen LogP contribution is 2.27. The Morgan fingerprint density at radius 1 is 1.00 bits per heavy atom. The summed E-state index contributed by atoms with van der Waals surface area (Å²) in [5.41, 5.74) is 11.5. The summed E-state index contributed by atoms with van der Waals surface area (Å²) in [6, 6.07) is 4.64. The first-order valence-corrected chi connectivity index (χ1v) is 7.12. The Kier molecular flexibility index (Phi) is 4.81. The maximum absolute atomic E-state index is 5.77. The van der Waals surface area contributed by atoms with E-state index in [9.17, 15) is 0 Å². The molecule has 0 atom stereocenters. The van der Waals surface area contributed by atoms with E-state index < -0.39 is 0 Å². The first kappa shape index (κ1) is 16.2. The molecule has 0 aromatic heterocycles. The minimum absolute atomic E-state index is 0.0123. The molecule has 0 saturated carbocycles. The molecule has 0 aliphatic carbocycles. The molecule has 2 nitrogen and oxygen atoms in total. The van der Waals surface area contributed by atoms with E-state index in [4.69, 9.17) is 5.73 Å². The Balaban J connectivity index is 2.99. The molecule has 3 N–H and O–H groups in total. The molecular formula is C17H30N2.